The van der Waals surface area contributed by atoms with E-state index >= 15 is 0 Å². The van der Waals surface area contributed by atoms with Crippen LogP contribution in [0, 0.1) is 0 Å². The van der Waals surface area contributed by atoms with Crippen LogP contribution in [-0.2, 0) is 19.6 Å². The lowest BCUT2D eigenvalue weighted by Crippen LogP contribution is -2.41. The van der Waals surface area contributed by atoms with E-state index in [0.717, 1.165) is 0 Å². The normalized spacial score (nSPS) is 18.1. The van der Waals surface area contributed by atoms with Gasteiger partial charge in [0.25, 0.3) is 0 Å². The van der Waals surface area contributed by atoms with Crippen LogP contribution in [-0.4, -0.2) is 44.0 Å². The van der Waals surface area contributed by atoms with Crippen molar-refractivity contribution in [2.45, 2.75) is 31.7 Å². The summed E-state index contributed by atoms with van der Waals surface area (Å²) in [6.07, 6.45) is 1.12. The van der Waals surface area contributed by atoms with Crippen molar-refractivity contribution in [3.63, 3.8) is 0 Å². The number of hydrogen-bond acceptors (Lipinski definition) is 5. The number of carbonyl (C=O) groups excluding carboxylic acids is 1. The fourth-order valence-electron chi connectivity index (χ4n) is 1.28. The first-order valence-electron chi connectivity index (χ1n) is 5.21. The third-order valence-corrected chi connectivity index (χ3v) is 3.89. The molecule has 1 rings (SSSR count). The van der Waals surface area contributed by atoms with Gasteiger partial charge in [-0.05, 0) is 19.8 Å². The van der Waals surface area contributed by atoms with Crippen LogP contribution in [0.3, 0.4) is 0 Å². The van der Waals surface area contributed by atoms with E-state index in [2.05, 4.69) is 9.46 Å². The maximum absolute atomic E-state index is 11.5. The van der Waals surface area contributed by atoms with Gasteiger partial charge in [0, 0.05) is 0 Å². The van der Waals surface area contributed by atoms with Gasteiger partial charge in [-0.3, -0.25) is 4.79 Å². The van der Waals surface area contributed by atoms with Crippen LogP contribution in [0.4, 0.5) is 0 Å². The Morgan fingerprint density at radius 3 is 2.56 bits per heavy atom. The highest BCUT2D eigenvalue weighted by Crippen LogP contribution is 2.35. The summed E-state index contributed by atoms with van der Waals surface area (Å²) in [6.45, 7) is 1.70. The average Bonchev–Trinajstić information content (AvgIpc) is 2.96. The lowest BCUT2D eigenvalue weighted by atomic mass is 10.3. The maximum Gasteiger partial charge on any atom is 0.306 e. The van der Waals surface area contributed by atoms with Crippen molar-refractivity contribution in [1.82, 2.24) is 4.72 Å². The van der Waals surface area contributed by atoms with Crippen LogP contribution in [0.5, 0.6) is 0 Å². The highest BCUT2D eigenvalue weighted by molar-refractivity contribution is 7.89. The molecule has 0 aromatic rings. The Morgan fingerprint density at radius 2 is 2.12 bits per heavy atom. The van der Waals surface area contributed by atoms with Gasteiger partial charge in [-0.1, -0.05) is 0 Å². The van der Waals surface area contributed by atoms with Crippen molar-refractivity contribution in [2.75, 3.05) is 19.0 Å². The summed E-state index contributed by atoms with van der Waals surface area (Å²) in [5.74, 6) is -0.824. The van der Waals surface area contributed by atoms with Crippen LogP contribution >= 0.6 is 0 Å². The number of hydrogen-bond donors (Lipinski definition) is 2. The molecule has 0 unspecified atom stereocenters. The first-order valence-corrected chi connectivity index (χ1v) is 6.86. The summed E-state index contributed by atoms with van der Waals surface area (Å²) < 4.78 is 30.1. The molecule has 1 saturated carbocycles. The van der Waals surface area contributed by atoms with Gasteiger partial charge in [0.05, 0.1) is 30.9 Å². The molecule has 7 heteroatoms. The molecule has 1 aliphatic carbocycles. The minimum Gasteiger partial charge on any atom is -0.466 e. The van der Waals surface area contributed by atoms with Crippen molar-refractivity contribution in [3.8, 4) is 0 Å². The Kier molecular flexibility index (Phi) is 4.28. The summed E-state index contributed by atoms with van der Waals surface area (Å²) in [5.41, 5.74) is -0.673. The summed E-state index contributed by atoms with van der Waals surface area (Å²) in [7, 11) is -3.51. The largest absolute Gasteiger partial charge is 0.466 e. The summed E-state index contributed by atoms with van der Waals surface area (Å²) in [6, 6.07) is 0. The molecule has 0 bridgehead atoms. The van der Waals surface area contributed by atoms with Gasteiger partial charge >= 0.3 is 5.97 Å². The van der Waals surface area contributed by atoms with Gasteiger partial charge < -0.3 is 9.84 Å². The molecule has 16 heavy (non-hydrogen) atoms. The number of esters is 1. The van der Waals surface area contributed by atoms with E-state index in [4.69, 9.17) is 5.11 Å². The first-order chi connectivity index (χ1) is 7.43. The molecule has 0 atom stereocenters. The third kappa shape index (κ3) is 4.07. The number of rotatable bonds is 7. The van der Waals surface area contributed by atoms with Crippen LogP contribution in [0.25, 0.3) is 0 Å². The van der Waals surface area contributed by atoms with Crippen LogP contribution < -0.4 is 4.72 Å². The lowest BCUT2D eigenvalue weighted by molar-refractivity contribution is -0.142. The number of nitrogens with one attached hydrogen (secondary N) is 1. The van der Waals surface area contributed by atoms with E-state index in [1.807, 2.05) is 0 Å². The van der Waals surface area contributed by atoms with Gasteiger partial charge in [-0.15, -0.1) is 0 Å². The Balaban J connectivity index is 2.38. The zero-order chi connectivity index (χ0) is 12.2. The van der Waals surface area contributed by atoms with Gasteiger partial charge in [-0.2, -0.15) is 0 Å². The highest BCUT2D eigenvalue weighted by Gasteiger charge is 2.45. The van der Waals surface area contributed by atoms with Gasteiger partial charge in [0.2, 0.25) is 10.0 Å². The molecule has 1 fully saturated rings. The number of carbonyl (C=O) groups is 1. The van der Waals surface area contributed by atoms with E-state index in [9.17, 15) is 13.2 Å². The Labute approximate surface area is 95.0 Å². The van der Waals surface area contributed by atoms with E-state index in [-0.39, 0.29) is 25.4 Å². The molecule has 94 valence electrons. The first kappa shape index (κ1) is 13.4. The molecule has 0 aliphatic heterocycles. The number of ether oxygens (including phenoxy) is 1. The minimum atomic E-state index is -3.51. The summed E-state index contributed by atoms with van der Waals surface area (Å²) in [4.78, 5) is 11.0. The quantitative estimate of drug-likeness (QED) is 0.588. The van der Waals surface area contributed by atoms with E-state index in [1.54, 1.807) is 6.92 Å². The molecular weight excluding hydrogens is 234 g/mol. The van der Waals surface area contributed by atoms with Crippen molar-refractivity contribution >= 4 is 16.0 Å². The maximum atomic E-state index is 11.5. The molecule has 2 N–H and O–H groups in total. The molecule has 0 aromatic carbocycles. The van der Waals surface area contributed by atoms with Crippen molar-refractivity contribution in [3.05, 3.63) is 0 Å². The Morgan fingerprint density at radius 1 is 1.50 bits per heavy atom. The molecule has 0 heterocycles. The lowest BCUT2D eigenvalue weighted by Gasteiger charge is -2.14. The summed E-state index contributed by atoms with van der Waals surface area (Å²) >= 11 is 0. The Bertz CT molecular complexity index is 347. The zero-order valence-electron chi connectivity index (χ0n) is 9.23. The van der Waals surface area contributed by atoms with E-state index in [1.165, 1.54) is 0 Å². The molecule has 0 amide bonds. The standard InChI is InChI=1S/C9H17NO5S/c1-2-15-8(12)3-6-16(13,14)10-9(7-11)4-5-9/h10-11H,2-7H2,1H3. The van der Waals surface area contributed by atoms with Gasteiger partial charge in [0.15, 0.2) is 0 Å². The fraction of sp³-hybridized carbons (Fsp3) is 0.889. The number of sulfonamides is 1. The smallest absolute Gasteiger partial charge is 0.306 e. The van der Waals surface area contributed by atoms with Crippen molar-refractivity contribution in [1.29, 1.82) is 0 Å². The second-order valence-electron chi connectivity index (χ2n) is 3.91. The van der Waals surface area contributed by atoms with E-state index in [0.29, 0.717) is 12.8 Å². The van der Waals surface area contributed by atoms with Crippen molar-refractivity contribution in [2.24, 2.45) is 0 Å². The zero-order valence-corrected chi connectivity index (χ0v) is 10.0. The molecule has 0 aromatic heterocycles. The monoisotopic (exact) mass is 251 g/mol. The summed E-state index contributed by atoms with van der Waals surface area (Å²) in [5, 5.41) is 8.96. The molecular formula is C9H17NO5S. The third-order valence-electron chi connectivity index (χ3n) is 2.41. The second-order valence-corrected chi connectivity index (χ2v) is 5.76. The van der Waals surface area contributed by atoms with E-state index < -0.39 is 21.5 Å². The van der Waals surface area contributed by atoms with Crippen molar-refractivity contribution < 1.29 is 23.1 Å². The van der Waals surface area contributed by atoms with Crippen LogP contribution in [0.15, 0.2) is 0 Å². The number of aliphatic hydroxyl groups is 1. The van der Waals surface area contributed by atoms with Crippen LogP contribution in [0.1, 0.15) is 26.2 Å². The number of aliphatic hydroxyl groups excluding tert-OH is 1. The van der Waals surface area contributed by atoms with Gasteiger partial charge in [-0.25, -0.2) is 13.1 Å². The Hall–Kier alpha value is -0.660. The minimum absolute atomic E-state index is 0.162. The molecule has 0 saturated heterocycles. The predicted octanol–water partition coefficient (Wildman–Crippen LogP) is -0.616. The van der Waals surface area contributed by atoms with Crippen LogP contribution in [0.2, 0.25) is 0 Å². The molecule has 6 nitrogen and oxygen atoms in total. The predicted molar refractivity (Wildman–Crippen MR) is 57.2 cm³/mol. The second kappa shape index (κ2) is 5.11. The fourth-order valence-corrected chi connectivity index (χ4v) is 2.74. The SMILES string of the molecule is CCOC(=O)CCS(=O)(=O)NC1(CO)CC1. The average molecular weight is 251 g/mol. The molecule has 0 spiro atoms. The molecule has 0 radical (unpaired) electrons. The van der Waals surface area contributed by atoms with Gasteiger partial charge in [0.1, 0.15) is 0 Å². The molecule has 1 aliphatic rings. The topological polar surface area (TPSA) is 92.7 Å². The highest BCUT2D eigenvalue weighted by atomic mass is 32.2.